The lowest BCUT2D eigenvalue weighted by Crippen LogP contribution is -2.31. The molecule has 1 fully saturated rings. The van der Waals surface area contributed by atoms with Crippen LogP contribution >= 0.6 is 11.3 Å². The van der Waals surface area contributed by atoms with Crippen LogP contribution in [0.15, 0.2) is 23.7 Å². The zero-order valence-corrected chi connectivity index (χ0v) is 12.2. The third-order valence-electron chi connectivity index (χ3n) is 4.21. The van der Waals surface area contributed by atoms with Gasteiger partial charge in [0.1, 0.15) is 0 Å². The van der Waals surface area contributed by atoms with Gasteiger partial charge in [-0.15, -0.1) is 11.3 Å². The predicted molar refractivity (Wildman–Crippen MR) is 80.2 cm³/mol. The van der Waals surface area contributed by atoms with Gasteiger partial charge in [-0.2, -0.15) is 5.10 Å². The summed E-state index contributed by atoms with van der Waals surface area (Å²) in [5.74, 6) is 0.858. The van der Waals surface area contributed by atoms with E-state index < -0.39 is 0 Å². The Hall–Kier alpha value is -1.13. The zero-order chi connectivity index (χ0) is 13.1. The number of thiophene rings is 1. The average molecular weight is 275 g/mol. The smallest absolute Gasteiger partial charge is 0.0794 e. The molecule has 0 amide bonds. The summed E-state index contributed by atoms with van der Waals surface area (Å²) in [5, 5.41) is 13.1. The summed E-state index contributed by atoms with van der Waals surface area (Å²) in [7, 11) is 0. The highest BCUT2D eigenvalue weighted by Gasteiger charge is 2.21. The number of hydrogen-bond acceptors (Lipinski definition) is 3. The predicted octanol–water partition coefficient (Wildman–Crippen LogP) is 3.81. The van der Waals surface area contributed by atoms with Crippen LogP contribution in [0.25, 0.3) is 10.6 Å². The van der Waals surface area contributed by atoms with Crippen LogP contribution < -0.4 is 5.32 Å². The summed E-state index contributed by atoms with van der Waals surface area (Å²) in [5.41, 5.74) is 2.44. The van der Waals surface area contributed by atoms with Gasteiger partial charge < -0.3 is 5.32 Å². The molecule has 2 aromatic heterocycles. The second-order valence-electron chi connectivity index (χ2n) is 5.46. The molecule has 3 nitrogen and oxygen atoms in total. The van der Waals surface area contributed by atoms with E-state index >= 15 is 0 Å². The molecule has 19 heavy (non-hydrogen) atoms. The van der Waals surface area contributed by atoms with Crippen LogP contribution in [0.3, 0.4) is 0 Å². The number of aromatic amines is 1. The van der Waals surface area contributed by atoms with Crippen LogP contribution in [0.1, 0.15) is 38.2 Å². The van der Waals surface area contributed by atoms with Crippen molar-refractivity contribution in [1.82, 2.24) is 15.5 Å². The van der Waals surface area contributed by atoms with Crippen molar-refractivity contribution in [2.45, 2.75) is 45.2 Å². The topological polar surface area (TPSA) is 40.7 Å². The van der Waals surface area contributed by atoms with Gasteiger partial charge in [0, 0.05) is 18.2 Å². The molecule has 1 aliphatic carbocycles. The number of nitrogens with one attached hydrogen (secondary N) is 2. The number of rotatable bonds is 5. The van der Waals surface area contributed by atoms with Crippen molar-refractivity contribution in [2.24, 2.45) is 5.92 Å². The van der Waals surface area contributed by atoms with E-state index in [0.29, 0.717) is 6.04 Å². The van der Waals surface area contributed by atoms with Crippen molar-refractivity contribution in [1.29, 1.82) is 0 Å². The average Bonchev–Trinajstić information content (AvgIpc) is 3.14. The lowest BCUT2D eigenvalue weighted by molar-refractivity contribution is 0.381. The van der Waals surface area contributed by atoms with Gasteiger partial charge in [0.15, 0.2) is 0 Å². The molecular weight excluding hydrogens is 254 g/mol. The van der Waals surface area contributed by atoms with E-state index in [1.807, 2.05) is 6.20 Å². The van der Waals surface area contributed by atoms with Gasteiger partial charge in [0.25, 0.3) is 0 Å². The second kappa shape index (κ2) is 5.88. The van der Waals surface area contributed by atoms with Crippen LogP contribution in [0.4, 0.5) is 0 Å². The van der Waals surface area contributed by atoms with Crippen molar-refractivity contribution >= 4 is 11.3 Å². The van der Waals surface area contributed by atoms with Gasteiger partial charge >= 0.3 is 0 Å². The fraction of sp³-hybridized carbons (Fsp3) is 0.533. The van der Waals surface area contributed by atoms with Crippen LogP contribution in [0.5, 0.6) is 0 Å². The number of nitrogens with zero attached hydrogens (tertiary/aromatic N) is 1. The first-order valence-electron chi connectivity index (χ1n) is 7.14. The maximum Gasteiger partial charge on any atom is 0.0794 e. The maximum atomic E-state index is 4.20. The monoisotopic (exact) mass is 275 g/mol. The first kappa shape index (κ1) is 12.9. The van der Waals surface area contributed by atoms with Gasteiger partial charge in [0.05, 0.1) is 16.8 Å². The third-order valence-corrected chi connectivity index (χ3v) is 5.09. The molecule has 4 heteroatoms. The van der Waals surface area contributed by atoms with Crippen molar-refractivity contribution in [3.63, 3.8) is 0 Å². The van der Waals surface area contributed by atoms with E-state index in [9.17, 15) is 0 Å². The van der Waals surface area contributed by atoms with Crippen molar-refractivity contribution in [3.8, 4) is 10.6 Å². The molecule has 1 atom stereocenters. The van der Waals surface area contributed by atoms with Crippen LogP contribution in [-0.2, 0) is 6.54 Å². The standard InChI is InChI=1S/C15H21N3S/c1-11(12-5-2-3-6-12)16-9-13-10-17-18-15(13)14-7-4-8-19-14/h4,7-8,10-12,16H,2-3,5-6,9H2,1H3,(H,17,18)/t11-/m0/s1. The number of H-pyrrole nitrogens is 1. The van der Waals surface area contributed by atoms with E-state index in [1.54, 1.807) is 11.3 Å². The molecular formula is C15H21N3S. The highest BCUT2D eigenvalue weighted by molar-refractivity contribution is 7.13. The van der Waals surface area contributed by atoms with Gasteiger partial charge in [-0.1, -0.05) is 18.9 Å². The lowest BCUT2D eigenvalue weighted by atomic mass is 9.99. The van der Waals surface area contributed by atoms with E-state index in [-0.39, 0.29) is 0 Å². The zero-order valence-electron chi connectivity index (χ0n) is 11.4. The van der Waals surface area contributed by atoms with E-state index in [0.717, 1.165) is 12.5 Å². The number of aromatic nitrogens is 2. The van der Waals surface area contributed by atoms with Gasteiger partial charge in [-0.05, 0) is 37.1 Å². The first-order valence-corrected chi connectivity index (χ1v) is 8.02. The van der Waals surface area contributed by atoms with Gasteiger partial charge in [-0.25, -0.2) is 0 Å². The summed E-state index contributed by atoms with van der Waals surface area (Å²) in [6.07, 6.45) is 7.53. The molecule has 0 unspecified atom stereocenters. The minimum absolute atomic E-state index is 0.605. The van der Waals surface area contributed by atoms with Crippen LogP contribution in [-0.4, -0.2) is 16.2 Å². The fourth-order valence-corrected chi connectivity index (χ4v) is 3.73. The fourth-order valence-electron chi connectivity index (χ4n) is 2.97. The molecule has 0 bridgehead atoms. The van der Waals surface area contributed by atoms with E-state index in [4.69, 9.17) is 0 Å². The molecule has 0 spiro atoms. The third kappa shape index (κ3) is 2.90. The first-order chi connectivity index (χ1) is 9.34. The molecule has 0 saturated heterocycles. The Kier molecular flexibility index (Phi) is 3.99. The highest BCUT2D eigenvalue weighted by atomic mass is 32.1. The normalized spacial score (nSPS) is 17.9. The summed E-state index contributed by atoms with van der Waals surface area (Å²) in [6, 6.07) is 4.83. The molecule has 0 aliphatic heterocycles. The molecule has 0 radical (unpaired) electrons. The summed E-state index contributed by atoms with van der Waals surface area (Å²) in [6.45, 7) is 3.22. The van der Waals surface area contributed by atoms with Gasteiger partial charge in [-0.3, -0.25) is 5.10 Å². The second-order valence-corrected chi connectivity index (χ2v) is 6.41. The minimum atomic E-state index is 0.605. The van der Waals surface area contributed by atoms with Crippen LogP contribution in [0.2, 0.25) is 0 Å². The molecule has 2 aromatic rings. The minimum Gasteiger partial charge on any atom is -0.310 e. The molecule has 0 aromatic carbocycles. The van der Waals surface area contributed by atoms with Crippen molar-refractivity contribution in [2.75, 3.05) is 0 Å². The Labute approximate surface area is 118 Å². The molecule has 102 valence electrons. The summed E-state index contributed by atoms with van der Waals surface area (Å²) >= 11 is 1.76. The van der Waals surface area contributed by atoms with E-state index in [2.05, 4.69) is 40.0 Å². The molecule has 2 N–H and O–H groups in total. The molecule has 2 heterocycles. The Balaban J connectivity index is 1.62. The highest BCUT2D eigenvalue weighted by Crippen LogP contribution is 2.29. The van der Waals surface area contributed by atoms with Crippen molar-refractivity contribution in [3.05, 3.63) is 29.3 Å². The number of hydrogen-bond donors (Lipinski definition) is 2. The quantitative estimate of drug-likeness (QED) is 0.871. The summed E-state index contributed by atoms with van der Waals surface area (Å²) < 4.78 is 0. The molecule has 1 aliphatic rings. The SMILES string of the molecule is C[C@H](NCc1cn[nH]c1-c1cccs1)C1CCCC1. The van der Waals surface area contributed by atoms with E-state index in [1.165, 1.54) is 41.8 Å². The van der Waals surface area contributed by atoms with Crippen LogP contribution in [0, 0.1) is 5.92 Å². The largest absolute Gasteiger partial charge is 0.310 e. The maximum absolute atomic E-state index is 4.20. The Bertz CT molecular complexity index is 497. The Morgan fingerprint density at radius 1 is 1.47 bits per heavy atom. The Morgan fingerprint density at radius 3 is 3.05 bits per heavy atom. The van der Waals surface area contributed by atoms with Gasteiger partial charge in [0.2, 0.25) is 0 Å². The Morgan fingerprint density at radius 2 is 2.32 bits per heavy atom. The summed E-state index contributed by atoms with van der Waals surface area (Å²) in [4.78, 5) is 1.27. The molecule has 1 saturated carbocycles. The lowest BCUT2D eigenvalue weighted by Gasteiger charge is -2.20. The molecule has 3 rings (SSSR count). The van der Waals surface area contributed by atoms with Crippen molar-refractivity contribution < 1.29 is 0 Å².